The minimum atomic E-state index is -0.265. The van der Waals surface area contributed by atoms with E-state index in [1.807, 2.05) is 18.2 Å². The molecule has 1 aliphatic rings. The summed E-state index contributed by atoms with van der Waals surface area (Å²) in [4.78, 5) is 17.8. The smallest absolute Gasteiger partial charge is 0.231 e. The highest BCUT2D eigenvalue weighted by Crippen LogP contribution is 2.21. The summed E-state index contributed by atoms with van der Waals surface area (Å²) in [6.45, 7) is 5.63. The van der Waals surface area contributed by atoms with Crippen molar-refractivity contribution in [1.82, 2.24) is 15.5 Å². The number of amides is 1. The zero-order valence-electron chi connectivity index (χ0n) is 15.5. The van der Waals surface area contributed by atoms with Crippen LogP contribution >= 0.6 is 51.5 Å². The number of rotatable bonds is 7. The maximum atomic E-state index is 11.0. The van der Waals surface area contributed by atoms with Gasteiger partial charge in [-0.2, -0.15) is 0 Å². The maximum Gasteiger partial charge on any atom is 0.231 e. The molecule has 1 aromatic carbocycles. The van der Waals surface area contributed by atoms with Crippen molar-refractivity contribution in [2.24, 2.45) is 10.7 Å². The summed E-state index contributed by atoms with van der Waals surface area (Å²) >= 11 is 9.62. The van der Waals surface area contributed by atoms with E-state index in [4.69, 9.17) is 17.3 Å². The van der Waals surface area contributed by atoms with Crippen LogP contribution in [0.1, 0.15) is 25.3 Å². The van der Waals surface area contributed by atoms with Gasteiger partial charge in [0.1, 0.15) is 0 Å². The van der Waals surface area contributed by atoms with Crippen molar-refractivity contribution in [1.29, 1.82) is 0 Å². The van der Waals surface area contributed by atoms with Gasteiger partial charge < -0.3 is 16.4 Å². The van der Waals surface area contributed by atoms with Crippen LogP contribution in [0.3, 0.4) is 0 Å². The first kappa shape index (κ1) is 24.5. The van der Waals surface area contributed by atoms with Crippen LogP contribution in [0.15, 0.2) is 27.7 Å². The molecule has 1 saturated heterocycles. The summed E-state index contributed by atoms with van der Waals surface area (Å²) in [7, 11) is 0. The maximum absolute atomic E-state index is 11.0. The summed E-state index contributed by atoms with van der Waals surface area (Å²) in [5.74, 6) is 0.567. The van der Waals surface area contributed by atoms with Crippen molar-refractivity contribution in [3.8, 4) is 0 Å². The molecule has 0 saturated carbocycles. The van der Waals surface area contributed by atoms with Crippen LogP contribution in [0.4, 0.5) is 0 Å². The Morgan fingerprint density at radius 2 is 2.11 bits per heavy atom. The first-order valence-electron chi connectivity index (χ1n) is 8.97. The summed E-state index contributed by atoms with van der Waals surface area (Å²) in [6.07, 6.45) is 2.75. The number of halogens is 3. The third-order valence-corrected chi connectivity index (χ3v) is 5.32. The molecule has 0 atom stereocenters. The van der Waals surface area contributed by atoms with Gasteiger partial charge in [0, 0.05) is 41.7 Å². The predicted octanol–water partition coefficient (Wildman–Crippen LogP) is 2.77. The molecule has 0 aromatic heterocycles. The number of piperidine rings is 1. The van der Waals surface area contributed by atoms with Crippen LogP contribution in [-0.2, 0) is 11.2 Å². The van der Waals surface area contributed by atoms with E-state index >= 15 is 0 Å². The molecular weight excluding hydrogens is 544 g/mol. The number of hydrogen-bond acceptors (Lipinski definition) is 3. The highest BCUT2D eigenvalue weighted by molar-refractivity contribution is 14.0. The zero-order valence-corrected chi connectivity index (χ0v) is 20.2. The van der Waals surface area contributed by atoms with E-state index in [0.29, 0.717) is 19.1 Å². The minimum absolute atomic E-state index is 0. The lowest BCUT2D eigenvalue weighted by Gasteiger charge is -2.32. The van der Waals surface area contributed by atoms with Gasteiger partial charge in [-0.3, -0.25) is 14.7 Å². The Bertz CT molecular complexity index is 638. The molecule has 0 bridgehead atoms. The number of guanidine groups is 1. The quantitative estimate of drug-likeness (QED) is 0.267. The molecule has 0 radical (unpaired) electrons. The van der Waals surface area contributed by atoms with E-state index in [1.54, 1.807) is 0 Å². The molecule has 9 heteroatoms. The Morgan fingerprint density at radius 1 is 1.41 bits per heavy atom. The van der Waals surface area contributed by atoms with E-state index in [-0.39, 0.29) is 29.9 Å². The topological polar surface area (TPSA) is 82.8 Å². The molecule has 1 aromatic rings. The minimum Gasteiger partial charge on any atom is -0.369 e. The summed E-state index contributed by atoms with van der Waals surface area (Å²) < 4.78 is 1.05. The first-order valence-corrected chi connectivity index (χ1v) is 10.1. The van der Waals surface area contributed by atoms with E-state index in [0.717, 1.165) is 59.9 Å². The Labute approximate surface area is 191 Å². The molecule has 152 valence electrons. The van der Waals surface area contributed by atoms with Gasteiger partial charge in [0.2, 0.25) is 5.91 Å². The molecule has 6 nitrogen and oxygen atoms in total. The molecule has 0 aliphatic carbocycles. The highest BCUT2D eigenvalue weighted by Gasteiger charge is 2.20. The molecule has 1 heterocycles. The number of hydrogen-bond donors (Lipinski definition) is 3. The van der Waals surface area contributed by atoms with Crippen molar-refractivity contribution in [2.45, 2.75) is 32.2 Å². The predicted molar refractivity (Wildman–Crippen MR) is 126 cm³/mol. The standard InChI is InChI=1S/C18H27BrClN5O.HI/c1-2-22-18(23-8-5-13-11-14(20)3-4-16(13)19)24-15-6-9-25(10-7-15)12-17(21)26;/h3-4,11,15H,2,5-10,12H2,1H3,(H2,21,26)(H2,22,23,24);1H. The lowest BCUT2D eigenvalue weighted by Crippen LogP contribution is -2.49. The molecule has 1 aliphatic heterocycles. The van der Waals surface area contributed by atoms with Crippen LogP contribution in [0, 0.1) is 0 Å². The van der Waals surface area contributed by atoms with E-state index in [2.05, 4.69) is 43.4 Å². The van der Waals surface area contributed by atoms with Crippen LogP contribution in [0.5, 0.6) is 0 Å². The van der Waals surface area contributed by atoms with Gasteiger partial charge in [-0.25, -0.2) is 0 Å². The largest absolute Gasteiger partial charge is 0.369 e. The van der Waals surface area contributed by atoms with Gasteiger partial charge in [0.25, 0.3) is 0 Å². The number of likely N-dealkylation sites (tertiary alicyclic amines) is 1. The van der Waals surface area contributed by atoms with Crippen LogP contribution < -0.4 is 16.4 Å². The first-order chi connectivity index (χ1) is 12.5. The molecule has 2 rings (SSSR count). The number of carbonyl (C=O) groups is 1. The van der Waals surface area contributed by atoms with Gasteiger partial charge in [0.05, 0.1) is 6.54 Å². The summed E-state index contributed by atoms with van der Waals surface area (Å²) in [5.41, 5.74) is 6.41. The average Bonchev–Trinajstić information content (AvgIpc) is 2.59. The monoisotopic (exact) mass is 571 g/mol. The average molecular weight is 573 g/mol. The fourth-order valence-electron chi connectivity index (χ4n) is 2.99. The second-order valence-corrected chi connectivity index (χ2v) is 7.70. The SMILES string of the molecule is CCNC(=NCCc1cc(Cl)ccc1Br)NC1CCN(CC(N)=O)CC1.I. The number of carbonyl (C=O) groups excluding carboxylic acids is 1. The van der Waals surface area contributed by atoms with Crippen molar-refractivity contribution in [3.05, 3.63) is 33.3 Å². The van der Waals surface area contributed by atoms with E-state index in [9.17, 15) is 4.79 Å². The Hall–Kier alpha value is -0.580. The third kappa shape index (κ3) is 8.97. The lowest BCUT2D eigenvalue weighted by molar-refractivity contribution is -0.119. The van der Waals surface area contributed by atoms with Crippen LogP contribution in [0.25, 0.3) is 0 Å². The van der Waals surface area contributed by atoms with Crippen LogP contribution in [0.2, 0.25) is 5.02 Å². The number of primary amides is 1. The number of nitrogens with zero attached hydrogens (tertiary/aromatic N) is 2. The Balaban J connectivity index is 0.00000364. The van der Waals surface area contributed by atoms with Crippen molar-refractivity contribution >= 4 is 63.4 Å². The second-order valence-electron chi connectivity index (χ2n) is 6.41. The molecule has 1 fully saturated rings. The van der Waals surface area contributed by atoms with Gasteiger partial charge in [0.15, 0.2) is 5.96 Å². The zero-order chi connectivity index (χ0) is 18.9. The number of nitrogens with two attached hydrogens (primary N) is 1. The van der Waals surface area contributed by atoms with Crippen molar-refractivity contribution in [3.63, 3.8) is 0 Å². The van der Waals surface area contributed by atoms with Gasteiger partial charge in [-0.15, -0.1) is 24.0 Å². The Kier molecular flexibility index (Phi) is 11.6. The van der Waals surface area contributed by atoms with Crippen LogP contribution in [-0.4, -0.2) is 55.5 Å². The van der Waals surface area contributed by atoms with Gasteiger partial charge >= 0.3 is 0 Å². The normalized spacial score (nSPS) is 15.9. The second kappa shape index (κ2) is 12.8. The van der Waals surface area contributed by atoms with Gasteiger partial charge in [-0.05, 0) is 49.9 Å². The number of benzene rings is 1. The number of aliphatic imine (C=N–C) groups is 1. The molecule has 27 heavy (non-hydrogen) atoms. The summed E-state index contributed by atoms with van der Waals surface area (Å²) in [6, 6.07) is 6.16. The fraction of sp³-hybridized carbons (Fsp3) is 0.556. The third-order valence-electron chi connectivity index (χ3n) is 4.31. The van der Waals surface area contributed by atoms with Crippen molar-refractivity contribution < 1.29 is 4.79 Å². The molecule has 4 N–H and O–H groups in total. The van der Waals surface area contributed by atoms with Gasteiger partial charge in [-0.1, -0.05) is 27.5 Å². The van der Waals surface area contributed by atoms with Crippen molar-refractivity contribution in [2.75, 3.05) is 32.7 Å². The molecule has 1 amide bonds. The van der Waals surface area contributed by atoms with E-state index in [1.165, 1.54) is 0 Å². The molecule has 0 unspecified atom stereocenters. The molecule has 0 spiro atoms. The summed E-state index contributed by atoms with van der Waals surface area (Å²) in [5, 5.41) is 7.54. The lowest BCUT2D eigenvalue weighted by atomic mass is 10.1. The Morgan fingerprint density at radius 3 is 2.74 bits per heavy atom. The molecular formula is C18H28BrClIN5O. The van der Waals surface area contributed by atoms with E-state index < -0.39 is 0 Å². The fourth-order valence-corrected chi connectivity index (χ4v) is 3.63. The highest BCUT2D eigenvalue weighted by atomic mass is 127. The number of nitrogens with one attached hydrogen (secondary N) is 2.